The third-order valence-electron chi connectivity index (χ3n) is 4.92. The van der Waals surface area contributed by atoms with Crippen LogP contribution in [0.15, 0.2) is 30.5 Å². The number of Topliss-reactive ketones (excluding diaryl/α,β-unsaturated/α-hetero) is 1. The van der Waals surface area contributed by atoms with Crippen LogP contribution in [-0.4, -0.2) is 42.2 Å². The molecule has 156 valence electrons. The predicted molar refractivity (Wildman–Crippen MR) is 108 cm³/mol. The van der Waals surface area contributed by atoms with E-state index in [9.17, 15) is 14.7 Å². The molecule has 0 aliphatic rings. The number of methoxy groups -OCH3 is 2. The highest BCUT2D eigenvalue weighted by molar-refractivity contribution is 5.98. The van der Waals surface area contributed by atoms with Crippen molar-refractivity contribution >= 4 is 11.8 Å². The van der Waals surface area contributed by atoms with Gasteiger partial charge in [0.05, 0.1) is 20.6 Å². The van der Waals surface area contributed by atoms with Crippen molar-refractivity contribution in [3.05, 3.63) is 47.3 Å². The molecule has 0 fully saturated rings. The number of aryl methyl sites for hydroxylation is 1. The predicted octanol–water partition coefficient (Wildman–Crippen LogP) is 3.81. The number of aromatic hydroxyl groups is 1. The Labute approximate surface area is 170 Å². The third kappa shape index (κ3) is 5.47. The lowest BCUT2D eigenvalue weighted by molar-refractivity contribution is -0.149. The van der Waals surface area contributed by atoms with Gasteiger partial charge in [0.2, 0.25) is 0 Å². The minimum atomic E-state index is -0.480. The first kappa shape index (κ1) is 22.2. The second kappa shape index (κ2) is 9.91. The molecular formula is C22H27NO6. The lowest BCUT2D eigenvalue weighted by Crippen LogP contribution is -2.22. The zero-order valence-corrected chi connectivity index (χ0v) is 17.4. The van der Waals surface area contributed by atoms with Gasteiger partial charge in [0, 0.05) is 24.6 Å². The van der Waals surface area contributed by atoms with E-state index in [1.165, 1.54) is 19.4 Å². The lowest BCUT2D eigenvalue weighted by atomic mass is 9.92. The number of carbonyl (C=O) groups excluding carboxylic acids is 2. The molecule has 7 nitrogen and oxygen atoms in total. The van der Waals surface area contributed by atoms with Crippen LogP contribution in [0.5, 0.6) is 17.2 Å². The fourth-order valence-electron chi connectivity index (χ4n) is 3.05. The Hall–Kier alpha value is -3.09. The minimum Gasteiger partial charge on any atom is -0.503 e. The van der Waals surface area contributed by atoms with Crippen LogP contribution in [0.25, 0.3) is 0 Å². The molecule has 0 unspecified atom stereocenters. The first-order valence-corrected chi connectivity index (χ1v) is 9.37. The molecule has 0 spiro atoms. The molecule has 0 amide bonds. The SMILES string of the molecule is COc1ccc([C@@H](C)[C@@H](C)OC(=O)CCC(=O)c2nccc(OC)c2O)c(C)c1. The van der Waals surface area contributed by atoms with Gasteiger partial charge in [0.1, 0.15) is 11.9 Å². The Kier molecular flexibility index (Phi) is 7.59. The summed E-state index contributed by atoms with van der Waals surface area (Å²) in [6.45, 7) is 5.79. The average Bonchev–Trinajstić information content (AvgIpc) is 2.71. The summed E-state index contributed by atoms with van der Waals surface area (Å²) in [7, 11) is 3.00. The van der Waals surface area contributed by atoms with Gasteiger partial charge in [-0.05, 0) is 37.1 Å². The summed E-state index contributed by atoms with van der Waals surface area (Å²) in [4.78, 5) is 28.4. The van der Waals surface area contributed by atoms with E-state index in [2.05, 4.69) is 4.98 Å². The molecule has 0 aliphatic heterocycles. The minimum absolute atomic E-state index is 0.0235. The van der Waals surface area contributed by atoms with Crippen molar-refractivity contribution in [2.45, 2.75) is 45.6 Å². The van der Waals surface area contributed by atoms with Crippen molar-refractivity contribution in [1.29, 1.82) is 0 Å². The van der Waals surface area contributed by atoms with Crippen molar-refractivity contribution in [2.75, 3.05) is 14.2 Å². The van der Waals surface area contributed by atoms with Gasteiger partial charge in [0.15, 0.2) is 23.0 Å². The third-order valence-corrected chi connectivity index (χ3v) is 4.92. The molecule has 1 heterocycles. The van der Waals surface area contributed by atoms with Crippen LogP contribution in [0.4, 0.5) is 0 Å². The number of rotatable bonds is 9. The number of ketones is 1. The Morgan fingerprint density at radius 2 is 1.83 bits per heavy atom. The Bertz CT molecular complexity index is 880. The fraction of sp³-hybridized carbons (Fsp3) is 0.409. The van der Waals surface area contributed by atoms with Crippen LogP contribution in [-0.2, 0) is 9.53 Å². The molecule has 0 radical (unpaired) electrons. The van der Waals surface area contributed by atoms with Crippen LogP contribution in [0.3, 0.4) is 0 Å². The van der Waals surface area contributed by atoms with Gasteiger partial charge in [-0.25, -0.2) is 4.98 Å². The maximum absolute atomic E-state index is 12.3. The molecule has 7 heteroatoms. The van der Waals surface area contributed by atoms with E-state index in [1.807, 2.05) is 39.0 Å². The zero-order chi connectivity index (χ0) is 21.6. The van der Waals surface area contributed by atoms with E-state index in [1.54, 1.807) is 7.11 Å². The normalized spacial score (nSPS) is 12.7. The average molecular weight is 401 g/mol. The van der Waals surface area contributed by atoms with Crippen LogP contribution in [0.1, 0.15) is 54.2 Å². The van der Waals surface area contributed by atoms with Gasteiger partial charge in [-0.3, -0.25) is 9.59 Å². The number of nitrogens with zero attached hydrogens (tertiary/aromatic N) is 1. The highest BCUT2D eigenvalue weighted by Gasteiger charge is 2.22. The number of carbonyl (C=O) groups is 2. The number of hydrogen-bond donors (Lipinski definition) is 1. The van der Waals surface area contributed by atoms with Crippen molar-refractivity contribution < 1.29 is 28.9 Å². The van der Waals surface area contributed by atoms with Crippen molar-refractivity contribution in [3.8, 4) is 17.2 Å². The molecule has 1 aromatic carbocycles. The van der Waals surface area contributed by atoms with E-state index < -0.39 is 11.8 Å². The van der Waals surface area contributed by atoms with E-state index in [0.29, 0.717) is 0 Å². The highest BCUT2D eigenvalue weighted by atomic mass is 16.5. The molecule has 0 bridgehead atoms. The van der Waals surface area contributed by atoms with E-state index in [4.69, 9.17) is 14.2 Å². The van der Waals surface area contributed by atoms with Gasteiger partial charge >= 0.3 is 5.97 Å². The van der Waals surface area contributed by atoms with Crippen LogP contribution in [0.2, 0.25) is 0 Å². The van der Waals surface area contributed by atoms with Crippen LogP contribution in [0, 0.1) is 6.92 Å². The standard InChI is InChI=1S/C22H27NO6/c1-13-12-16(27-4)6-7-17(13)14(2)15(3)29-20(25)9-8-18(24)21-22(26)19(28-5)10-11-23-21/h6-7,10-12,14-15,26H,8-9H2,1-5H3/t14-,15+/m0/s1. The molecule has 0 aliphatic carbocycles. The second-order valence-corrected chi connectivity index (χ2v) is 6.84. The maximum Gasteiger partial charge on any atom is 0.306 e. The smallest absolute Gasteiger partial charge is 0.306 e. The molecule has 0 saturated carbocycles. The number of aromatic nitrogens is 1. The topological polar surface area (TPSA) is 95.0 Å². The van der Waals surface area contributed by atoms with E-state index in [0.717, 1.165) is 16.9 Å². The highest BCUT2D eigenvalue weighted by Crippen LogP contribution is 2.29. The van der Waals surface area contributed by atoms with Crippen molar-refractivity contribution in [2.24, 2.45) is 0 Å². The molecule has 1 N–H and O–H groups in total. The largest absolute Gasteiger partial charge is 0.503 e. The monoisotopic (exact) mass is 401 g/mol. The summed E-state index contributed by atoms with van der Waals surface area (Å²) in [5.41, 5.74) is 2.00. The first-order valence-electron chi connectivity index (χ1n) is 9.37. The van der Waals surface area contributed by atoms with E-state index >= 15 is 0 Å². The van der Waals surface area contributed by atoms with Crippen molar-refractivity contribution in [3.63, 3.8) is 0 Å². The summed E-state index contributed by atoms with van der Waals surface area (Å²) in [6.07, 6.45) is 0.781. The summed E-state index contributed by atoms with van der Waals surface area (Å²) in [6, 6.07) is 7.22. The van der Waals surface area contributed by atoms with Gasteiger partial charge in [-0.1, -0.05) is 13.0 Å². The molecule has 0 saturated heterocycles. The van der Waals surface area contributed by atoms with Crippen molar-refractivity contribution in [1.82, 2.24) is 4.98 Å². The summed E-state index contributed by atoms with van der Waals surface area (Å²) in [5, 5.41) is 10.00. The molecule has 2 atom stereocenters. The number of benzene rings is 1. The summed E-state index contributed by atoms with van der Waals surface area (Å²) < 4.78 is 15.7. The van der Waals surface area contributed by atoms with Gasteiger partial charge in [0.25, 0.3) is 0 Å². The van der Waals surface area contributed by atoms with Gasteiger partial charge in [-0.15, -0.1) is 0 Å². The van der Waals surface area contributed by atoms with E-state index in [-0.39, 0.29) is 42.1 Å². The van der Waals surface area contributed by atoms with Crippen LogP contribution < -0.4 is 9.47 Å². The number of esters is 1. The van der Waals surface area contributed by atoms with Gasteiger partial charge < -0.3 is 19.3 Å². The Morgan fingerprint density at radius 1 is 1.10 bits per heavy atom. The Balaban J connectivity index is 1.94. The summed E-state index contributed by atoms with van der Waals surface area (Å²) in [5.74, 6) is -0.356. The molecule has 29 heavy (non-hydrogen) atoms. The fourth-order valence-corrected chi connectivity index (χ4v) is 3.05. The molecule has 2 aromatic rings. The number of pyridine rings is 1. The number of hydrogen-bond acceptors (Lipinski definition) is 7. The molecule has 1 aromatic heterocycles. The second-order valence-electron chi connectivity index (χ2n) is 6.84. The van der Waals surface area contributed by atoms with Gasteiger partial charge in [-0.2, -0.15) is 0 Å². The molecular weight excluding hydrogens is 374 g/mol. The zero-order valence-electron chi connectivity index (χ0n) is 17.4. The molecule has 2 rings (SSSR count). The Morgan fingerprint density at radius 3 is 2.45 bits per heavy atom. The maximum atomic E-state index is 12.3. The summed E-state index contributed by atoms with van der Waals surface area (Å²) >= 11 is 0. The first-order chi connectivity index (χ1) is 13.8. The van der Waals surface area contributed by atoms with Crippen LogP contribution >= 0.6 is 0 Å². The lowest BCUT2D eigenvalue weighted by Gasteiger charge is -2.22. The number of ether oxygens (including phenoxy) is 3. The quantitative estimate of drug-likeness (QED) is 0.504.